The van der Waals surface area contributed by atoms with Gasteiger partial charge >= 0.3 is 0 Å². The van der Waals surface area contributed by atoms with Crippen molar-refractivity contribution in [3.63, 3.8) is 0 Å². The van der Waals surface area contributed by atoms with E-state index in [0.717, 1.165) is 0 Å². The van der Waals surface area contributed by atoms with Crippen LogP contribution >= 0.6 is 0 Å². The lowest BCUT2D eigenvalue weighted by Crippen LogP contribution is -2.48. The van der Waals surface area contributed by atoms with Crippen LogP contribution in [-0.4, -0.2) is 36.0 Å². The Kier molecular flexibility index (Phi) is 5.75. The number of ketones is 3. The summed E-state index contributed by atoms with van der Waals surface area (Å²) in [5.41, 5.74) is 1.31. The van der Waals surface area contributed by atoms with Gasteiger partial charge in [0.05, 0.1) is 12.6 Å². The average Bonchev–Trinajstić information content (AvgIpc) is 3.43. The van der Waals surface area contributed by atoms with Crippen LogP contribution in [0.2, 0.25) is 0 Å². The number of hydrogen-bond acceptors (Lipinski definition) is 5. The fourth-order valence-electron chi connectivity index (χ4n) is 7.09. The summed E-state index contributed by atoms with van der Waals surface area (Å²) >= 11 is 0. The van der Waals surface area contributed by atoms with E-state index in [1.807, 2.05) is 42.2 Å². The molecule has 4 aromatic carbocycles. The SMILES string of the molecule is CCOc1ccccc1[C@@H]1[C@@H](C(=O)c2ccccc2)N2c3ccc(F)cc3C=C[C@@H]2C12C(=O)c1ccccc1C2=O. The van der Waals surface area contributed by atoms with Gasteiger partial charge in [-0.15, -0.1) is 0 Å². The van der Waals surface area contributed by atoms with Crippen molar-refractivity contribution in [2.75, 3.05) is 11.5 Å². The summed E-state index contributed by atoms with van der Waals surface area (Å²) in [6.45, 7) is 2.23. The number of nitrogens with zero attached hydrogens (tertiary/aromatic N) is 1. The lowest BCUT2D eigenvalue weighted by molar-refractivity contribution is 0.0664. The molecule has 0 aromatic heterocycles. The van der Waals surface area contributed by atoms with Crippen LogP contribution in [0.5, 0.6) is 5.75 Å². The lowest BCUT2D eigenvalue weighted by atomic mass is 9.64. The Bertz CT molecular complexity index is 1730. The third-order valence-corrected chi connectivity index (χ3v) is 8.65. The van der Waals surface area contributed by atoms with E-state index in [2.05, 4.69) is 0 Å². The average molecular weight is 544 g/mol. The van der Waals surface area contributed by atoms with Crippen molar-refractivity contribution >= 4 is 29.1 Å². The number of carbonyl (C=O) groups excluding carboxylic acids is 3. The van der Waals surface area contributed by atoms with Gasteiger partial charge in [0.2, 0.25) is 0 Å². The van der Waals surface area contributed by atoms with Crippen LogP contribution in [0.25, 0.3) is 6.08 Å². The zero-order chi connectivity index (χ0) is 28.3. The van der Waals surface area contributed by atoms with Gasteiger partial charge in [0.1, 0.15) is 23.0 Å². The zero-order valence-corrected chi connectivity index (χ0v) is 22.3. The Morgan fingerprint density at radius 3 is 2.24 bits per heavy atom. The van der Waals surface area contributed by atoms with E-state index in [4.69, 9.17) is 4.74 Å². The molecule has 6 heteroatoms. The van der Waals surface area contributed by atoms with Gasteiger partial charge in [-0.25, -0.2) is 4.39 Å². The van der Waals surface area contributed by atoms with Gasteiger partial charge in [0.25, 0.3) is 0 Å². The second kappa shape index (κ2) is 9.37. The number of hydrogen-bond donors (Lipinski definition) is 0. The third kappa shape index (κ3) is 3.43. The quantitative estimate of drug-likeness (QED) is 0.211. The summed E-state index contributed by atoms with van der Waals surface area (Å²) in [7, 11) is 0. The van der Waals surface area contributed by atoms with E-state index in [9.17, 15) is 18.8 Å². The minimum Gasteiger partial charge on any atom is -0.494 e. The fraction of sp³-hybridized carbons (Fsp3) is 0.171. The molecule has 3 aliphatic rings. The van der Waals surface area contributed by atoms with Gasteiger partial charge < -0.3 is 9.64 Å². The van der Waals surface area contributed by atoms with Crippen molar-refractivity contribution in [2.24, 2.45) is 5.41 Å². The van der Waals surface area contributed by atoms with Gasteiger partial charge in [-0.05, 0) is 31.2 Å². The molecule has 4 aromatic rings. The van der Waals surface area contributed by atoms with E-state index < -0.39 is 29.2 Å². The van der Waals surface area contributed by atoms with Crippen LogP contribution in [0, 0.1) is 11.2 Å². The Morgan fingerprint density at radius 1 is 0.878 bits per heavy atom. The maximum Gasteiger partial charge on any atom is 0.185 e. The molecule has 0 bridgehead atoms. The maximum absolute atomic E-state index is 14.7. The number of carbonyl (C=O) groups is 3. The maximum atomic E-state index is 14.7. The molecule has 5 nitrogen and oxygen atoms in total. The number of benzene rings is 4. The van der Waals surface area contributed by atoms with Crippen molar-refractivity contribution in [3.05, 3.63) is 137 Å². The first kappa shape index (κ1) is 25.1. The molecule has 1 spiro atoms. The second-order valence-electron chi connectivity index (χ2n) is 10.6. The molecule has 1 aliphatic carbocycles. The first-order valence-electron chi connectivity index (χ1n) is 13.7. The molecule has 2 aliphatic heterocycles. The molecule has 0 N–H and O–H groups in total. The monoisotopic (exact) mass is 543 g/mol. The van der Waals surface area contributed by atoms with Crippen molar-refractivity contribution in [1.82, 2.24) is 0 Å². The van der Waals surface area contributed by atoms with Crippen LogP contribution in [0.3, 0.4) is 0 Å². The molecule has 0 saturated carbocycles. The van der Waals surface area contributed by atoms with Gasteiger partial charge in [-0.1, -0.05) is 84.9 Å². The summed E-state index contributed by atoms with van der Waals surface area (Å²) in [5, 5.41) is 0. The molecule has 0 amide bonds. The molecule has 41 heavy (non-hydrogen) atoms. The van der Waals surface area contributed by atoms with Crippen LogP contribution in [-0.2, 0) is 0 Å². The normalized spacial score (nSPS) is 21.5. The first-order valence-corrected chi connectivity index (χ1v) is 13.7. The van der Waals surface area contributed by atoms with Crippen molar-refractivity contribution < 1.29 is 23.5 Å². The first-order chi connectivity index (χ1) is 20.0. The smallest absolute Gasteiger partial charge is 0.185 e. The molecule has 0 radical (unpaired) electrons. The van der Waals surface area contributed by atoms with E-state index in [0.29, 0.717) is 45.9 Å². The van der Waals surface area contributed by atoms with Crippen molar-refractivity contribution in [2.45, 2.75) is 24.9 Å². The van der Waals surface area contributed by atoms with E-state index in [1.165, 1.54) is 12.1 Å². The van der Waals surface area contributed by atoms with Crippen molar-refractivity contribution in [3.8, 4) is 5.75 Å². The number of halogens is 1. The van der Waals surface area contributed by atoms with Crippen LogP contribution in [0.15, 0.2) is 103 Å². The molecule has 1 saturated heterocycles. The molecular formula is C35H26FNO4. The highest BCUT2D eigenvalue weighted by atomic mass is 19.1. The van der Waals surface area contributed by atoms with E-state index in [-0.39, 0.29) is 17.3 Å². The largest absolute Gasteiger partial charge is 0.494 e. The summed E-state index contributed by atoms with van der Waals surface area (Å²) in [5.74, 6) is -1.65. The van der Waals surface area contributed by atoms with Crippen LogP contribution < -0.4 is 9.64 Å². The topological polar surface area (TPSA) is 63.7 Å². The second-order valence-corrected chi connectivity index (χ2v) is 10.6. The van der Waals surface area contributed by atoms with E-state index in [1.54, 1.807) is 66.7 Å². The minimum atomic E-state index is -1.64. The molecule has 202 valence electrons. The number of anilines is 1. The number of fused-ring (bicyclic) bond motifs is 5. The fourth-order valence-corrected chi connectivity index (χ4v) is 7.09. The molecule has 2 heterocycles. The third-order valence-electron chi connectivity index (χ3n) is 8.65. The molecule has 1 fully saturated rings. The van der Waals surface area contributed by atoms with Crippen molar-refractivity contribution in [1.29, 1.82) is 0 Å². The zero-order valence-electron chi connectivity index (χ0n) is 22.3. The Balaban J connectivity index is 1.57. The Hall–Kier alpha value is -4.84. The summed E-state index contributed by atoms with van der Waals surface area (Å²) in [6.07, 6.45) is 3.55. The highest BCUT2D eigenvalue weighted by molar-refractivity contribution is 6.32. The van der Waals surface area contributed by atoms with Gasteiger partial charge in [-0.2, -0.15) is 0 Å². The van der Waals surface area contributed by atoms with Gasteiger partial charge in [-0.3, -0.25) is 14.4 Å². The molecule has 7 rings (SSSR count). The van der Waals surface area contributed by atoms with Gasteiger partial charge in [0.15, 0.2) is 17.3 Å². The van der Waals surface area contributed by atoms with Crippen LogP contribution in [0.4, 0.5) is 10.1 Å². The number of ether oxygens (including phenoxy) is 1. The molecule has 3 atom stereocenters. The summed E-state index contributed by atoms with van der Waals surface area (Å²) in [4.78, 5) is 46.0. The number of rotatable bonds is 5. The predicted molar refractivity (Wildman–Crippen MR) is 154 cm³/mol. The Labute approximate surface area is 236 Å². The van der Waals surface area contributed by atoms with E-state index >= 15 is 0 Å². The Morgan fingerprint density at radius 2 is 1.54 bits per heavy atom. The predicted octanol–water partition coefficient (Wildman–Crippen LogP) is 6.54. The van der Waals surface area contributed by atoms with Crippen LogP contribution in [0.1, 0.15) is 55.0 Å². The standard InChI is InChI=1S/C35H26FNO4/c1-2-41-28-15-9-8-14-26(28)30-31(32(38)21-10-4-3-5-11-21)37-27-18-17-23(36)20-22(27)16-19-29(37)35(30)33(39)24-12-6-7-13-25(24)34(35)40/h3-20,29-31H,2H2,1H3/t29-,30-,31+/m1/s1. The van der Waals surface area contributed by atoms with Gasteiger partial charge in [0, 0.05) is 39.4 Å². The molecule has 0 unspecified atom stereocenters. The lowest BCUT2D eigenvalue weighted by Gasteiger charge is -2.37. The summed E-state index contributed by atoms with van der Waals surface area (Å²) in [6, 6.07) is 25.7. The minimum absolute atomic E-state index is 0.231. The number of Topliss-reactive ketones (excluding diaryl/α,β-unsaturated/α-hetero) is 3. The number of para-hydroxylation sites is 1. The highest BCUT2D eigenvalue weighted by Crippen LogP contribution is 2.62. The highest BCUT2D eigenvalue weighted by Gasteiger charge is 2.71. The molecular weight excluding hydrogens is 517 g/mol. The summed E-state index contributed by atoms with van der Waals surface area (Å²) < 4.78 is 20.4.